The molecule has 134 valence electrons. The number of piperazine rings is 1. The smallest absolute Gasteiger partial charge is 0.409 e. The molecule has 0 radical (unpaired) electrons. The van der Waals surface area contributed by atoms with E-state index in [9.17, 15) is 4.79 Å². The number of benzene rings is 1. The number of aromatic nitrogens is 2. The van der Waals surface area contributed by atoms with Gasteiger partial charge in [0, 0.05) is 31.7 Å². The van der Waals surface area contributed by atoms with Crippen molar-refractivity contribution in [3.05, 3.63) is 35.7 Å². The fraction of sp³-hybridized carbons (Fsp3) is 0.500. The first kappa shape index (κ1) is 17.4. The van der Waals surface area contributed by atoms with E-state index in [1.807, 2.05) is 38.1 Å². The van der Waals surface area contributed by atoms with Crippen LogP contribution < -0.4 is 0 Å². The molecule has 7 nitrogen and oxygen atoms in total. The summed E-state index contributed by atoms with van der Waals surface area (Å²) in [5, 5.41) is 4.15. The number of hydrogen-bond acceptors (Lipinski definition) is 6. The number of hydrogen-bond donors (Lipinski definition) is 0. The molecule has 1 atom stereocenters. The molecular formula is C18H24N4O3. The molecule has 2 aromatic rings. The van der Waals surface area contributed by atoms with Crippen LogP contribution in [-0.4, -0.2) is 58.8 Å². The molecule has 2 heterocycles. The molecule has 0 unspecified atom stereocenters. The molecule has 1 aromatic heterocycles. The molecule has 1 saturated heterocycles. The first-order valence-corrected chi connectivity index (χ1v) is 8.65. The van der Waals surface area contributed by atoms with Gasteiger partial charge in [-0.15, -0.1) is 0 Å². The molecule has 3 rings (SSSR count). The third kappa shape index (κ3) is 3.99. The number of nitrogens with zero attached hydrogens (tertiary/aromatic N) is 4. The highest BCUT2D eigenvalue weighted by atomic mass is 16.6. The minimum Gasteiger partial charge on any atom is -0.450 e. The van der Waals surface area contributed by atoms with Crippen LogP contribution in [0, 0.1) is 6.92 Å². The molecule has 0 saturated carbocycles. The predicted molar refractivity (Wildman–Crippen MR) is 93.1 cm³/mol. The Morgan fingerprint density at radius 1 is 1.32 bits per heavy atom. The van der Waals surface area contributed by atoms with Crippen LogP contribution in [0.3, 0.4) is 0 Å². The van der Waals surface area contributed by atoms with E-state index in [2.05, 4.69) is 22.0 Å². The van der Waals surface area contributed by atoms with Crippen LogP contribution in [0.25, 0.3) is 11.5 Å². The molecule has 1 aromatic carbocycles. The molecule has 0 spiro atoms. The fourth-order valence-corrected chi connectivity index (χ4v) is 2.97. The largest absolute Gasteiger partial charge is 0.450 e. The first-order valence-electron chi connectivity index (χ1n) is 8.65. The second kappa shape index (κ2) is 7.65. The highest BCUT2D eigenvalue weighted by Gasteiger charge is 2.27. The SMILES string of the molecule is CCOC(=O)N1CCN([C@@H](C)c2noc(-c3cccc(C)c3)n2)CC1. The maximum Gasteiger partial charge on any atom is 0.409 e. The zero-order valence-corrected chi connectivity index (χ0v) is 14.9. The number of ether oxygens (including phenoxy) is 1. The Bertz CT molecular complexity index is 723. The van der Waals surface area contributed by atoms with Crippen LogP contribution in [0.2, 0.25) is 0 Å². The van der Waals surface area contributed by atoms with Crippen LogP contribution in [-0.2, 0) is 4.74 Å². The van der Waals surface area contributed by atoms with E-state index in [0.29, 0.717) is 31.4 Å². The van der Waals surface area contributed by atoms with Crippen molar-refractivity contribution in [2.24, 2.45) is 0 Å². The van der Waals surface area contributed by atoms with Crippen molar-refractivity contribution in [1.82, 2.24) is 19.9 Å². The second-order valence-electron chi connectivity index (χ2n) is 6.23. The van der Waals surface area contributed by atoms with Crippen molar-refractivity contribution in [3.8, 4) is 11.5 Å². The Morgan fingerprint density at radius 3 is 2.76 bits per heavy atom. The summed E-state index contributed by atoms with van der Waals surface area (Å²) in [5.41, 5.74) is 2.08. The summed E-state index contributed by atoms with van der Waals surface area (Å²) in [6.07, 6.45) is -0.240. The van der Waals surface area contributed by atoms with Gasteiger partial charge in [0.05, 0.1) is 12.6 Å². The predicted octanol–water partition coefficient (Wildman–Crippen LogP) is 2.88. The number of amides is 1. The average molecular weight is 344 g/mol. The van der Waals surface area contributed by atoms with E-state index in [1.165, 1.54) is 0 Å². The summed E-state index contributed by atoms with van der Waals surface area (Å²) in [5.74, 6) is 1.21. The summed E-state index contributed by atoms with van der Waals surface area (Å²) in [6.45, 7) is 9.12. The van der Waals surface area contributed by atoms with Gasteiger partial charge in [-0.1, -0.05) is 22.9 Å². The van der Waals surface area contributed by atoms with Crippen LogP contribution >= 0.6 is 0 Å². The van der Waals surface area contributed by atoms with Crippen molar-refractivity contribution in [2.45, 2.75) is 26.8 Å². The van der Waals surface area contributed by atoms with Crippen molar-refractivity contribution in [2.75, 3.05) is 32.8 Å². The van der Waals surface area contributed by atoms with E-state index in [1.54, 1.807) is 4.90 Å². The third-order valence-electron chi connectivity index (χ3n) is 4.47. The lowest BCUT2D eigenvalue weighted by molar-refractivity contribution is 0.0669. The topological polar surface area (TPSA) is 71.7 Å². The highest BCUT2D eigenvalue weighted by Crippen LogP contribution is 2.24. The summed E-state index contributed by atoms with van der Waals surface area (Å²) in [4.78, 5) is 20.3. The molecule has 25 heavy (non-hydrogen) atoms. The Kier molecular flexibility index (Phi) is 5.33. The van der Waals surface area contributed by atoms with Crippen LogP contribution in [0.4, 0.5) is 4.79 Å². The summed E-state index contributed by atoms with van der Waals surface area (Å²) < 4.78 is 10.5. The number of aryl methyl sites for hydroxylation is 1. The van der Waals surface area contributed by atoms with Gasteiger partial charge in [-0.05, 0) is 32.9 Å². The summed E-state index contributed by atoms with van der Waals surface area (Å²) >= 11 is 0. The van der Waals surface area contributed by atoms with Crippen LogP contribution in [0.15, 0.2) is 28.8 Å². The van der Waals surface area contributed by atoms with Gasteiger partial charge in [0.15, 0.2) is 5.82 Å². The Morgan fingerprint density at radius 2 is 2.08 bits per heavy atom. The van der Waals surface area contributed by atoms with E-state index < -0.39 is 0 Å². The minimum atomic E-state index is -0.240. The zero-order chi connectivity index (χ0) is 17.8. The van der Waals surface area contributed by atoms with Crippen molar-refractivity contribution in [3.63, 3.8) is 0 Å². The van der Waals surface area contributed by atoms with Crippen LogP contribution in [0.5, 0.6) is 0 Å². The van der Waals surface area contributed by atoms with E-state index in [0.717, 1.165) is 24.2 Å². The summed E-state index contributed by atoms with van der Waals surface area (Å²) in [7, 11) is 0. The monoisotopic (exact) mass is 344 g/mol. The zero-order valence-electron chi connectivity index (χ0n) is 14.9. The Balaban J connectivity index is 1.63. The number of carbonyl (C=O) groups excluding carboxylic acids is 1. The van der Waals surface area contributed by atoms with Crippen LogP contribution in [0.1, 0.15) is 31.3 Å². The normalized spacial score (nSPS) is 16.7. The van der Waals surface area contributed by atoms with Crippen molar-refractivity contribution in [1.29, 1.82) is 0 Å². The molecular weight excluding hydrogens is 320 g/mol. The fourth-order valence-electron chi connectivity index (χ4n) is 2.97. The summed E-state index contributed by atoms with van der Waals surface area (Å²) in [6, 6.07) is 8.04. The molecule has 0 aliphatic carbocycles. The van der Waals surface area contributed by atoms with E-state index in [4.69, 9.17) is 9.26 Å². The van der Waals surface area contributed by atoms with Gasteiger partial charge in [-0.25, -0.2) is 4.79 Å². The number of rotatable bonds is 4. The second-order valence-corrected chi connectivity index (χ2v) is 6.23. The maximum absolute atomic E-state index is 11.8. The first-order chi connectivity index (χ1) is 12.1. The van der Waals surface area contributed by atoms with Gasteiger partial charge in [0.1, 0.15) is 0 Å². The van der Waals surface area contributed by atoms with Gasteiger partial charge < -0.3 is 14.2 Å². The van der Waals surface area contributed by atoms with Gasteiger partial charge in [0.25, 0.3) is 5.89 Å². The molecule has 1 aliphatic rings. The Labute approximate surface area is 147 Å². The van der Waals surface area contributed by atoms with Gasteiger partial charge in [-0.2, -0.15) is 4.98 Å². The van der Waals surface area contributed by atoms with Crippen molar-refractivity contribution < 1.29 is 14.1 Å². The molecule has 0 N–H and O–H groups in total. The molecule has 0 bridgehead atoms. The average Bonchev–Trinajstić information content (AvgIpc) is 3.11. The quantitative estimate of drug-likeness (QED) is 0.849. The molecule has 1 fully saturated rings. The van der Waals surface area contributed by atoms with E-state index in [-0.39, 0.29) is 12.1 Å². The molecule has 1 aliphatic heterocycles. The Hall–Kier alpha value is -2.41. The lowest BCUT2D eigenvalue weighted by atomic mass is 10.1. The van der Waals surface area contributed by atoms with E-state index >= 15 is 0 Å². The third-order valence-corrected chi connectivity index (χ3v) is 4.47. The molecule has 1 amide bonds. The molecule has 7 heteroatoms. The lowest BCUT2D eigenvalue weighted by Gasteiger charge is -2.36. The van der Waals surface area contributed by atoms with Gasteiger partial charge >= 0.3 is 6.09 Å². The lowest BCUT2D eigenvalue weighted by Crippen LogP contribution is -2.49. The number of carbonyl (C=O) groups is 1. The van der Waals surface area contributed by atoms with Crippen molar-refractivity contribution >= 4 is 6.09 Å². The minimum absolute atomic E-state index is 0.0339. The van der Waals surface area contributed by atoms with Gasteiger partial charge in [-0.3, -0.25) is 4.90 Å². The standard InChI is InChI=1S/C18H24N4O3/c1-4-24-18(23)22-10-8-21(9-11-22)14(3)16-19-17(25-20-16)15-7-5-6-13(2)12-15/h5-7,12,14H,4,8-11H2,1-3H3/t14-/m0/s1. The van der Waals surface area contributed by atoms with Gasteiger partial charge in [0.2, 0.25) is 0 Å². The highest BCUT2D eigenvalue weighted by molar-refractivity contribution is 5.67. The maximum atomic E-state index is 11.8.